The van der Waals surface area contributed by atoms with Gasteiger partial charge in [0.15, 0.2) is 11.5 Å². The molecule has 2 aliphatic heterocycles. The molecule has 0 saturated carbocycles. The molecule has 2 amide bonds. The summed E-state index contributed by atoms with van der Waals surface area (Å²) in [4.78, 5) is 29.2. The summed E-state index contributed by atoms with van der Waals surface area (Å²) < 4.78 is 95.4. The van der Waals surface area contributed by atoms with E-state index in [0.29, 0.717) is 60.9 Å². The molecule has 0 aromatic heterocycles. The van der Waals surface area contributed by atoms with Gasteiger partial charge in [-0.3, -0.25) is 9.59 Å². The fourth-order valence-corrected chi connectivity index (χ4v) is 5.80. The minimum atomic E-state index is -5.02. The fraction of sp³-hybridized carbons (Fsp3) is 0.517. The molecule has 0 bridgehead atoms. The fourth-order valence-electron chi connectivity index (χ4n) is 5.80. The van der Waals surface area contributed by atoms with Crippen LogP contribution in [0.15, 0.2) is 30.3 Å². The number of halogens is 6. The number of rotatable bonds is 6. The average Bonchev–Trinajstić information content (AvgIpc) is 2.98. The molecule has 2 heterocycles. The third kappa shape index (κ3) is 6.70. The Balaban J connectivity index is 1.36. The second kappa shape index (κ2) is 12.3. The smallest absolute Gasteiger partial charge is 0.416 e. The first-order valence-electron chi connectivity index (χ1n) is 13.4. The van der Waals surface area contributed by atoms with Crippen molar-refractivity contribution >= 4 is 11.8 Å². The van der Waals surface area contributed by atoms with Gasteiger partial charge >= 0.3 is 12.4 Å². The van der Waals surface area contributed by atoms with Gasteiger partial charge < -0.3 is 24.0 Å². The maximum absolute atomic E-state index is 13.2. The highest BCUT2D eigenvalue weighted by atomic mass is 19.4. The van der Waals surface area contributed by atoms with Crippen molar-refractivity contribution in [1.29, 1.82) is 0 Å². The molecule has 2 aromatic rings. The molecule has 230 valence electrons. The minimum absolute atomic E-state index is 0.0156. The molecule has 13 heteroatoms. The van der Waals surface area contributed by atoms with Crippen molar-refractivity contribution in [3.05, 3.63) is 52.6 Å². The van der Waals surface area contributed by atoms with Crippen molar-refractivity contribution in [3.8, 4) is 17.2 Å². The van der Waals surface area contributed by atoms with Gasteiger partial charge in [-0.1, -0.05) is 0 Å². The van der Waals surface area contributed by atoms with Gasteiger partial charge in [-0.05, 0) is 67.9 Å². The van der Waals surface area contributed by atoms with Crippen molar-refractivity contribution < 1.29 is 50.1 Å². The second-order valence-corrected chi connectivity index (χ2v) is 10.5. The lowest BCUT2D eigenvalue weighted by molar-refractivity contribution is -0.143. The normalized spacial score (nSPS) is 17.3. The molecule has 0 radical (unpaired) electrons. The van der Waals surface area contributed by atoms with Crippen LogP contribution in [-0.2, 0) is 12.4 Å². The average molecular weight is 603 g/mol. The van der Waals surface area contributed by atoms with Crippen LogP contribution in [0.1, 0.15) is 57.5 Å². The first kappa shape index (κ1) is 31.3. The van der Waals surface area contributed by atoms with Gasteiger partial charge in [-0.25, -0.2) is 0 Å². The van der Waals surface area contributed by atoms with E-state index in [4.69, 9.17) is 14.2 Å². The lowest BCUT2D eigenvalue weighted by Crippen LogP contribution is -2.44. The van der Waals surface area contributed by atoms with Crippen LogP contribution in [0.4, 0.5) is 26.3 Å². The first-order valence-corrected chi connectivity index (χ1v) is 13.4. The number of carbonyl (C=O) groups is 2. The van der Waals surface area contributed by atoms with Crippen LogP contribution in [0, 0.1) is 11.8 Å². The first-order chi connectivity index (χ1) is 19.8. The molecule has 0 spiro atoms. The number of piperidine rings is 2. The summed E-state index contributed by atoms with van der Waals surface area (Å²) in [5.41, 5.74) is -3.25. The van der Waals surface area contributed by atoms with Gasteiger partial charge in [-0.15, -0.1) is 0 Å². The Hall–Kier alpha value is -3.64. The topological polar surface area (TPSA) is 68.3 Å². The zero-order valence-corrected chi connectivity index (χ0v) is 23.4. The number of nitrogens with zero attached hydrogens (tertiary/aromatic N) is 2. The number of carbonyl (C=O) groups excluding carboxylic acids is 2. The third-order valence-electron chi connectivity index (χ3n) is 8.07. The number of methoxy groups -OCH3 is 3. The van der Waals surface area contributed by atoms with Crippen LogP contribution in [-0.4, -0.2) is 69.1 Å². The highest BCUT2D eigenvalue weighted by Gasteiger charge is 2.39. The van der Waals surface area contributed by atoms with Crippen molar-refractivity contribution in [2.45, 2.75) is 38.0 Å². The highest BCUT2D eigenvalue weighted by molar-refractivity contribution is 5.96. The van der Waals surface area contributed by atoms with E-state index in [1.807, 2.05) is 0 Å². The molecule has 0 atom stereocenters. The number of alkyl halides is 6. The largest absolute Gasteiger partial charge is 0.493 e. The molecule has 2 saturated heterocycles. The van der Waals surface area contributed by atoms with Gasteiger partial charge in [0, 0.05) is 37.3 Å². The van der Waals surface area contributed by atoms with Crippen LogP contribution >= 0.6 is 0 Å². The number of amides is 2. The van der Waals surface area contributed by atoms with Crippen molar-refractivity contribution in [1.82, 2.24) is 9.80 Å². The minimum Gasteiger partial charge on any atom is -0.493 e. The monoisotopic (exact) mass is 602 g/mol. The number of benzene rings is 2. The quantitative estimate of drug-likeness (QED) is 0.371. The second-order valence-electron chi connectivity index (χ2n) is 10.5. The summed E-state index contributed by atoms with van der Waals surface area (Å²) in [7, 11) is 4.41. The van der Waals surface area contributed by atoms with Gasteiger partial charge in [0.2, 0.25) is 5.75 Å². The molecule has 0 aliphatic carbocycles. The van der Waals surface area contributed by atoms with E-state index in [1.54, 1.807) is 17.0 Å². The van der Waals surface area contributed by atoms with Crippen LogP contribution in [0.25, 0.3) is 0 Å². The predicted molar refractivity (Wildman–Crippen MR) is 140 cm³/mol. The van der Waals surface area contributed by atoms with Crippen molar-refractivity contribution in [2.24, 2.45) is 11.8 Å². The predicted octanol–water partition coefficient (Wildman–Crippen LogP) is 6.15. The van der Waals surface area contributed by atoms with Crippen molar-refractivity contribution in [2.75, 3.05) is 47.5 Å². The van der Waals surface area contributed by atoms with E-state index in [9.17, 15) is 35.9 Å². The molecule has 0 N–H and O–H groups in total. The van der Waals surface area contributed by atoms with E-state index in [0.717, 1.165) is 12.8 Å². The zero-order chi connectivity index (χ0) is 30.8. The van der Waals surface area contributed by atoms with Crippen LogP contribution < -0.4 is 14.2 Å². The van der Waals surface area contributed by atoms with Gasteiger partial charge in [0.25, 0.3) is 11.8 Å². The zero-order valence-electron chi connectivity index (χ0n) is 23.4. The van der Waals surface area contributed by atoms with E-state index >= 15 is 0 Å². The maximum Gasteiger partial charge on any atom is 0.416 e. The number of hydrogen-bond donors (Lipinski definition) is 0. The van der Waals surface area contributed by atoms with Crippen LogP contribution in [0.3, 0.4) is 0 Å². The Morgan fingerprint density at radius 1 is 0.619 bits per heavy atom. The van der Waals surface area contributed by atoms with Gasteiger partial charge in [0.05, 0.1) is 32.5 Å². The molecule has 4 rings (SSSR count). The van der Waals surface area contributed by atoms with E-state index < -0.39 is 35.0 Å². The molecule has 2 fully saturated rings. The van der Waals surface area contributed by atoms with E-state index in [2.05, 4.69) is 0 Å². The molecule has 2 aromatic carbocycles. The van der Waals surface area contributed by atoms with E-state index in [-0.39, 0.29) is 36.9 Å². The summed E-state index contributed by atoms with van der Waals surface area (Å²) in [5, 5.41) is 0. The Morgan fingerprint density at radius 2 is 0.976 bits per heavy atom. The number of hydrogen-bond acceptors (Lipinski definition) is 5. The number of likely N-dealkylation sites (tertiary alicyclic amines) is 2. The molecular formula is C29H32F6N2O5. The Labute approximate surface area is 239 Å². The SMILES string of the molecule is COc1cc(C(=O)N2CCC(C3CCN(C(=O)c4cc(C(F)(F)F)cc(C(F)(F)F)c4)CC3)CC2)cc(OC)c1OC. The highest BCUT2D eigenvalue weighted by Crippen LogP contribution is 2.40. The maximum atomic E-state index is 13.2. The molecule has 0 unspecified atom stereocenters. The van der Waals surface area contributed by atoms with Gasteiger partial charge in [-0.2, -0.15) is 26.3 Å². The summed E-state index contributed by atoms with van der Waals surface area (Å²) in [5.74, 6) is 0.598. The molecule has 42 heavy (non-hydrogen) atoms. The van der Waals surface area contributed by atoms with Crippen LogP contribution in [0.2, 0.25) is 0 Å². The van der Waals surface area contributed by atoms with Gasteiger partial charge in [0.1, 0.15) is 0 Å². The van der Waals surface area contributed by atoms with Crippen molar-refractivity contribution in [3.63, 3.8) is 0 Å². The van der Waals surface area contributed by atoms with E-state index in [1.165, 1.54) is 26.2 Å². The lowest BCUT2D eigenvalue weighted by atomic mass is 9.78. The third-order valence-corrected chi connectivity index (χ3v) is 8.07. The summed E-state index contributed by atoms with van der Waals surface area (Å²) in [6.07, 6.45) is -7.44. The lowest BCUT2D eigenvalue weighted by Gasteiger charge is -2.40. The molecular weight excluding hydrogens is 570 g/mol. The Morgan fingerprint density at radius 3 is 1.29 bits per heavy atom. The standard InChI is InChI=1S/C29H32F6N2O5/c1-40-23-14-20(15-24(41-2)25(23)42-3)27(39)37-10-6-18(7-11-37)17-4-8-36(9-5-17)26(38)19-12-21(28(30,31)32)16-22(13-19)29(33,34)35/h12-18H,4-11H2,1-3H3. The molecule has 2 aliphatic rings. The Kier molecular flexibility index (Phi) is 9.17. The molecule has 7 nitrogen and oxygen atoms in total. The summed E-state index contributed by atoms with van der Waals surface area (Å²) in [6.45, 7) is 1.49. The van der Waals surface area contributed by atoms with Crippen LogP contribution in [0.5, 0.6) is 17.2 Å². The number of ether oxygens (including phenoxy) is 3. The Bertz CT molecular complexity index is 1240. The summed E-state index contributed by atoms with van der Waals surface area (Å²) in [6, 6.07) is 4.17. The summed E-state index contributed by atoms with van der Waals surface area (Å²) >= 11 is 0.